The Morgan fingerprint density at radius 3 is 2.83 bits per heavy atom. The number of hydrogen-bond donors (Lipinski definition) is 1. The van der Waals surface area contributed by atoms with E-state index in [1.165, 1.54) is 11.3 Å². The van der Waals surface area contributed by atoms with Crippen molar-refractivity contribution < 1.29 is 0 Å². The smallest absolute Gasteiger partial charge is 0.0564 e. The maximum absolute atomic E-state index is 5.48. The standard InChI is InChI=1S/C9H15N3/c1-7(5-10)4-9-6-11-12(3)8(9)2/h4,6H,5,10H2,1-3H3/b7-4+. The van der Waals surface area contributed by atoms with Gasteiger partial charge in [0, 0.05) is 24.8 Å². The third kappa shape index (κ3) is 1.74. The lowest BCUT2D eigenvalue weighted by Crippen LogP contribution is -1.99. The predicted molar refractivity (Wildman–Crippen MR) is 50.7 cm³/mol. The average molecular weight is 165 g/mol. The number of rotatable bonds is 2. The van der Waals surface area contributed by atoms with Crippen LogP contribution in [-0.2, 0) is 7.05 Å². The topological polar surface area (TPSA) is 43.8 Å². The minimum Gasteiger partial charge on any atom is -0.327 e. The summed E-state index contributed by atoms with van der Waals surface area (Å²) in [5.41, 5.74) is 8.98. The molecular weight excluding hydrogens is 150 g/mol. The lowest BCUT2D eigenvalue weighted by molar-refractivity contribution is 0.740. The van der Waals surface area contributed by atoms with E-state index in [-0.39, 0.29) is 0 Å². The van der Waals surface area contributed by atoms with Crippen molar-refractivity contribution in [3.05, 3.63) is 23.0 Å². The molecule has 66 valence electrons. The van der Waals surface area contributed by atoms with Gasteiger partial charge in [0.25, 0.3) is 0 Å². The van der Waals surface area contributed by atoms with Crippen molar-refractivity contribution in [3.8, 4) is 0 Å². The van der Waals surface area contributed by atoms with E-state index in [1.54, 1.807) is 0 Å². The van der Waals surface area contributed by atoms with Crippen LogP contribution < -0.4 is 5.73 Å². The number of aromatic nitrogens is 2. The van der Waals surface area contributed by atoms with Crippen LogP contribution in [0.3, 0.4) is 0 Å². The van der Waals surface area contributed by atoms with Crippen LogP contribution in [-0.4, -0.2) is 16.3 Å². The highest BCUT2D eigenvalue weighted by atomic mass is 15.3. The van der Waals surface area contributed by atoms with Crippen LogP contribution in [0.25, 0.3) is 6.08 Å². The van der Waals surface area contributed by atoms with Gasteiger partial charge in [0.1, 0.15) is 0 Å². The highest BCUT2D eigenvalue weighted by molar-refractivity contribution is 5.53. The lowest BCUT2D eigenvalue weighted by Gasteiger charge is -1.96. The highest BCUT2D eigenvalue weighted by Crippen LogP contribution is 2.09. The van der Waals surface area contributed by atoms with Crippen molar-refractivity contribution in [2.75, 3.05) is 6.54 Å². The van der Waals surface area contributed by atoms with Crippen molar-refractivity contribution in [2.45, 2.75) is 13.8 Å². The number of nitrogens with two attached hydrogens (primary N) is 1. The van der Waals surface area contributed by atoms with Gasteiger partial charge in [0.2, 0.25) is 0 Å². The summed E-state index contributed by atoms with van der Waals surface area (Å²) in [6, 6.07) is 0. The lowest BCUT2D eigenvalue weighted by atomic mass is 10.2. The zero-order valence-electron chi connectivity index (χ0n) is 7.83. The molecule has 0 fully saturated rings. The first kappa shape index (κ1) is 9.00. The monoisotopic (exact) mass is 165 g/mol. The Morgan fingerprint density at radius 1 is 1.75 bits per heavy atom. The molecule has 1 heterocycles. The summed E-state index contributed by atoms with van der Waals surface area (Å²) in [7, 11) is 1.93. The second-order valence-electron chi connectivity index (χ2n) is 3.00. The van der Waals surface area contributed by atoms with Crippen LogP contribution in [0.2, 0.25) is 0 Å². The maximum atomic E-state index is 5.48. The zero-order chi connectivity index (χ0) is 9.14. The SMILES string of the molecule is C/C(=C\c1cnn(C)c1C)CN. The third-order valence-corrected chi connectivity index (χ3v) is 2.00. The molecule has 0 bridgehead atoms. The molecule has 3 heteroatoms. The summed E-state index contributed by atoms with van der Waals surface area (Å²) in [6.45, 7) is 4.67. The molecule has 12 heavy (non-hydrogen) atoms. The van der Waals surface area contributed by atoms with Crippen LogP contribution in [0.15, 0.2) is 11.8 Å². The molecule has 0 saturated carbocycles. The van der Waals surface area contributed by atoms with E-state index in [1.807, 2.05) is 31.8 Å². The fraction of sp³-hybridized carbons (Fsp3) is 0.444. The highest BCUT2D eigenvalue weighted by Gasteiger charge is 1.99. The van der Waals surface area contributed by atoms with Gasteiger partial charge in [0.05, 0.1) is 6.20 Å². The molecule has 0 aliphatic rings. The maximum Gasteiger partial charge on any atom is 0.0564 e. The average Bonchev–Trinajstić information content (AvgIpc) is 2.36. The molecule has 3 nitrogen and oxygen atoms in total. The molecule has 0 aliphatic carbocycles. The first-order chi connectivity index (χ1) is 5.65. The van der Waals surface area contributed by atoms with Gasteiger partial charge < -0.3 is 5.73 Å². The molecule has 2 N–H and O–H groups in total. The molecule has 0 aromatic carbocycles. The van der Waals surface area contributed by atoms with E-state index in [9.17, 15) is 0 Å². The molecule has 0 unspecified atom stereocenters. The Balaban J connectivity index is 2.97. The van der Waals surface area contributed by atoms with Crippen LogP contribution in [0, 0.1) is 6.92 Å². The fourth-order valence-electron chi connectivity index (χ4n) is 0.982. The quantitative estimate of drug-likeness (QED) is 0.713. The Labute approximate surface area is 72.9 Å². The third-order valence-electron chi connectivity index (χ3n) is 2.00. The second-order valence-corrected chi connectivity index (χ2v) is 3.00. The Bertz CT molecular complexity index is 297. The molecule has 1 rings (SSSR count). The van der Waals surface area contributed by atoms with Crippen LogP contribution >= 0.6 is 0 Å². The fourth-order valence-corrected chi connectivity index (χ4v) is 0.982. The molecule has 0 radical (unpaired) electrons. The van der Waals surface area contributed by atoms with E-state index in [0.29, 0.717) is 6.54 Å². The zero-order valence-corrected chi connectivity index (χ0v) is 7.83. The van der Waals surface area contributed by atoms with Gasteiger partial charge in [-0.2, -0.15) is 5.10 Å². The normalized spacial score (nSPS) is 12.2. The largest absolute Gasteiger partial charge is 0.327 e. The Morgan fingerprint density at radius 2 is 2.42 bits per heavy atom. The minimum absolute atomic E-state index is 0.605. The summed E-state index contributed by atoms with van der Waals surface area (Å²) < 4.78 is 1.86. The van der Waals surface area contributed by atoms with E-state index < -0.39 is 0 Å². The van der Waals surface area contributed by atoms with Crippen molar-refractivity contribution in [1.29, 1.82) is 0 Å². The Hall–Kier alpha value is -1.09. The van der Waals surface area contributed by atoms with E-state index in [0.717, 1.165) is 5.56 Å². The van der Waals surface area contributed by atoms with Gasteiger partial charge in [-0.15, -0.1) is 0 Å². The van der Waals surface area contributed by atoms with Gasteiger partial charge in [-0.3, -0.25) is 4.68 Å². The minimum atomic E-state index is 0.605. The summed E-state index contributed by atoms with van der Waals surface area (Å²) in [4.78, 5) is 0. The molecular formula is C9H15N3. The first-order valence-electron chi connectivity index (χ1n) is 4.01. The Kier molecular flexibility index (Phi) is 2.65. The van der Waals surface area contributed by atoms with Gasteiger partial charge >= 0.3 is 0 Å². The van der Waals surface area contributed by atoms with Gasteiger partial charge in [-0.05, 0) is 13.8 Å². The molecule has 0 aliphatic heterocycles. The molecule has 0 atom stereocenters. The summed E-state index contributed by atoms with van der Waals surface area (Å²) >= 11 is 0. The van der Waals surface area contributed by atoms with Crippen molar-refractivity contribution in [3.63, 3.8) is 0 Å². The molecule has 1 aromatic rings. The van der Waals surface area contributed by atoms with E-state index in [2.05, 4.69) is 11.2 Å². The molecule has 0 amide bonds. The molecule has 0 saturated heterocycles. The molecule has 1 aromatic heterocycles. The van der Waals surface area contributed by atoms with E-state index >= 15 is 0 Å². The summed E-state index contributed by atoms with van der Waals surface area (Å²) in [5, 5.41) is 4.13. The molecule has 0 spiro atoms. The van der Waals surface area contributed by atoms with Gasteiger partial charge in [0.15, 0.2) is 0 Å². The second kappa shape index (κ2) is 3.54. The van der Waals surface area contributed by atoms with Crippen molar-refractivity contribution in [2.24, 2.45) is 12.8 Å². The number of aryl methyl sites for hydroxylation is 1. The number of hydrogen-bond acceptors (Lipinski definition) is 2. The summed E-state index contributed by atoms with van der Waals surface area (Å²) in [5.74, 6) is 0. The van der Waals surface area contributed by atoms with Crippen LogP contribution in [0.1, 0.15) is 18.2 Å². The van der Waals surface area contributed by atoms with Crippen molar-refractivity contribution >= 4 is 6.08 Å². The van der Waals surface area contributed by atoms with E-state index in [4.69, 9.17) is 5.73 Å². The first-order valence-corrected chi connectivity index (χ1v) is 4.01. The van der Waals surface area contributed by atoms with Crippen LogP contribution in [0.5, 0.6) is 0 Å². The predicted octanol–water partition coefficient (Wildman–Crippen LogP) is 1.09. The van der Waals surface area contributed by atoms with Crippen LogP contribution in [0.4, 0.5) is 0 Å². The van der Waals surface area contributed by atoms with Gasteiger partial charge in [-0.25, -0.2) is 0 Å². The van der Waals surface area contributed by atoms with Gasteiger partial charge in [-0.1, -0.05) is 11.6 Å². The summed E-state index contributed by atoms with van der Waals surface area (Å²) in [6.07, 6.45) is 3.93. The van der Waals surface area contributed by atoms with Crippen molar-refractivity contribution in [1.82, 2.24) is 9.78 Å². The number of nitrogens with zero attached hydrogens (tertiary/aromatic N) is 2.